The zero-order valence-electron chi connectivity index (χ0n) is 15.6. The largest absolute Gasteiger partial charge is 0.386 e. The van der Waals surface area contributed by atoms with Gasteiger partial charge >= 0.3 is 0 Å². The average Bonchev–Trinajstić information content (AvgIpc) is 2.59. The molecule has 1 aromatic rings. The van der Waals surface area contributed by atoms with Gasteiger partial charge in [-0.3, -0.25) is 19.6 Å². The van der Waals surface area contributed by atoms with Crippen molar-refractivity contribution in [1.29, 1.82) is 0 Å². The highest BCUT2D eigenvalue weighted by Crippen LogP contribution is 2.27. The summed E-state index contributed by atoms with van der Waals surface area (Å²) in [6.45, 7) is 7.94. The standard InChI is InChI=1S/C20H24N4O2/c1-13-17(15(3)25)11-23-19-7-5-6-8-20(19)24-12-18(16(4)26)14(2)22-10-9-21-13/h5-8,11-12,21-22H,9-10H2,1-4H3/b17-13-,18-14+,23-11?,24-12?. The monoisotopic (exact) mass is 352 g/mol. The molecule has 0 saturated carbocycles. The number of nitrogens with zero attached hydrogens (tertiary/aromatic N) is 2. The van der Waals surface area contributed by atoms with Gasteiger partial charge in [0, 0.05) is 36.9 Å². The molecule has 136 valence electrons. The molecule has 0 spiro atoms. The Morgan fingerprint density at radius 2 is 1.19 bits per heavy atom. The number of aliphatic imine (C=N–C) groups is 2. The van der Waals surface area contributed by atoms with Gasteiger partial charge in [0.25, 0.3) is 0 Å². The lowest BCUT2D eigenvalue weighted by Gasteiger charge is -2.13. The molecule has 2 rings (SSSR count). The second-order valence-corrected chi connectivity index (χ2v) is 6.05. The molecule has 0 saturated heterocycles. The lowest BCUT2D eigenvalue weighted by Crippen LogP contribution is -2.28. The number of para-hydroxylation sites is 2. The molecule has 0 aromatic heterocycles. The summed E-state index contributed by atoms with van der Waals surface area (Å²) in [6.07, 6.45) is 3.12. The second-order valence-electron chi connectivity index (χ2n) is 6.05. The third-order valence-electron chi connectivity index (χ3n) is 4.02. The van der Waals surface area contributed by atoms with E-state index in [0.29, 0.717) is 35.6 Å². The molecule has 1 aliphatic rings. The third kappa shape index (κ3) is 4.99. The van der Waals surface area contributed by atoms with Crippen LogP contribution in [0.15, 0.2) is 56.8 Å². The van der Waals surface area contributed by atoms with Gasteiger partial charge in [0.1, 0.15) is 0 Å². The molecule has 0 aliphatic carbocycles. The van der Waals surface area contributed by atoms with E-state index in [2.05, 4.69) is 20.6 Å². The van der Waals surface area contributed by atoms with Gasteiger partial charge < -0.3 is 10.6 Å². The Morgan fingerprint density at radius 1 is 0.808 bits per heavy atom. The van der Waals surface area contributed by atoms with E-state index in [0.717, 1.165) is 11.4 Å². The summed E-state index contributed by atoms with van der Waals surface area (Å²) >= 11 is 0. The van der Waals surface area contributed by atoms with Gasteiger partial charge in [-0.25, -0.2) is 0 Å². The van der Waals surface area contributed by atoms with Crippen LogP contribution in [0.3, 0.4) is 0 Å². The minimum Gasteiger partial charge on any atom is -0.386 e. The highest BCUT2D eigenvalue weighted by Gasteiger charge is 2.09. The summed E-state index contributed by atoms with van der Waals surface area (Å²) in [5.41, 5.74) is 3.82. The average molecular weight is 352 g/mol. The van der Waals surface area contributed by atoms with Gasteiger partial charge in [-0.1, -0.05) is 12.1 Å². The van der Waals surface area contributed by atoms with E-state index in [1.54, 1.807) is 12.4 Å². The fraction of sp³-hybridized carbons (Fsp3) is 0.300. The summed E-state index contributed by atoms with van der Waals surface area (Å²) in [6, 6.07) is 7.34. The fourth-order valence-corrected chi connectivity index (χ4v) is 2.54. The number of hydrogen-bond acceptors (Lipinski definition) is 6. The quantitative estimate of drug-likeness (QED) is 0.857. The highest BCUT2D eigenvalue weighted by molar-refractivity contribution is 6.14. The lowest BCUT2D eigenvalue weighted by atomic mass is 10.1. The van der Waals surface area contributed by atoms with Crippen molar-refractivity contribution in [3.63, 3.8) is 0 Å². The van der Waals surface area contributed by atoms with E-state index in [4.69, 9.17) is 0 Å². The zero-order valence-corrected chi connectivity index (χ0v) is 15.6. The predicted octanol–water partition coefficient (Wildman–Crippen LogP) is 3.01. The Morgan fingerprint density at radius 3 is 1.54 bits per heavy atom. The van der Waals surface area contributed by atoms with Crippen LogP contribution in [-0.4, -0.2) is 37.1 Å². The van der Waals surface area contributed by atoms with Crippen LogP contribution in [0.25, 0.3) is 0 Å². The first-order valence-electron chi connectivity index (χ1n) is 8.48. The van der Waals surface area contributed by atoms with Gasteiger partial charge in [0.05, 0.1) is 22.5 Å². The van der Waals surface area contributed by atoms with Crippen LogP contribution in [0.1, 0.15) is 27.7 Å². The third-order valence-corrected chi connectivity index (χ3v) is 4.02. The molecular formula is C20H24N4O2. The van der Waals surface area contributed by atoms with E-state index in [9.17, 15) is 9.59 Å². The van der Waals surface area contributed by atoms with Gasteiger partial charge in [-0.2, -0.15) is 0 Å². The molecule has 6 nitrogen and oxygen atoms in total. The first kappa shape index (κ1) is 19.3. The molecule has 0 bridgehead atoms. The molecule has 0 fully saturated rings. The van der Waals surface area contributed by atoms with Crippen LogP contribution in [0.5, 0.6) is 0 Å². The molecule has 26 heavy (non-hydrogen) atoms. The minimum atomic E-state index is -0.0604. The lowest BCUT2D eigenvalue weighted by molar-refractivity contribution is -0.114. The van der Waals surface area contributed by atoms with Gasteiger partial charge in [-0.05, 0) is 39.8 Å². The topological polar surface area (TPSA) is 82.9 Å². The molecule has 0 radical (unpaired) electrons. The van der Waals surface area contributed by atoms with Crippen molar-refractivity contribution in [3.05, 3.63) is 46.8 Å². The minimum absolute atomic E-state index is 0.0604. The number of nitrogens with one attached hydrogen (secondary N) is 2. The number of ketones is 2. The molecule has 1 heterocycles. The number of carbonyl (C=O) groups excluding carboxylic acids is 2. The predicted molar refractivity (Wildman–Crippen MR) is 106 cm³/mol. The maximum Gasteiger partial charge on any atom is 0.163 e. The molecule has 0 unspecified atom stereocenters. The summed E-state index contributed by atoms with van der Waals surface area (Å²) in [7, 11) is 0. The normalized spacial score (nSPS) is 21.2. The summed E-state index contributed by atoms with van der Waals surface area (Å²) < 4.78 is 0. The van der Waals surface area contributed by atoms with Crippen molar-refractivity contribution in [1.82, 2.24) is 10.6 Å². The van der Waals surface area contributed by atoms with Crippen molar-refractivity contribution in [2.75, 3.05) is 13.1 Å². The number of carbonyl (C=O) groups is 2. The maximum atomic E-state index is 12.0. The van der Waals surface area contributed by atoms with Crippen molar-refractivity contribution in [2.24, 2.45) is 9.98 Å². The Balaban J connectivity index is 2.55. The van der Waals surface area contributed by atoms with Gasteiger partial charge in [-0.15, -0.1) is 0 Å². The smallest absolute Gasteiger partial charge is 0.163 e. The number of benzene rings is 1. The van der Waals surface area contributed by atoms with E-state index >= 15 is 0 Å². The number of Topliss-reactive ketones (excluding diaryl/α,β-unsaturated/α-hetero) is 2. The summed E-state index contributed by atoms with van der Waals surface area (Å²) in [5.74, 6) is -0.121. The van der Waals surface area contributed by atoms with Crippen molar-refractivity contribution in [3.8, 4) is 0 Å². The van der Waals surface area contributed by atoms with E-state index in [-0.39, 0.29) is 11.6 Å². The highest BCUT2D eigenvalue weighted by atomic mass is 16.1. The molecular weight excluding hydrogens is 328 g/mol. The van der Waals surface area contributed by atoms with Crippen LogP contribution < -0.4 is 10.6 Å². The molecule has 1 aromatic carbocycles. The molecule has 2 N–H and O–H groups in total. The first-order valence-corrected chi connectivity index (χ1v) is 8.48. The molecule has 6 heteroatoms. The number of fused-ring (bicyclic) bond motifs is 1. The van der Waals surface area contributed by atoms with Crippen LogP contribution in [-0.2, 0) is 9.59 Å². The van der Waals surface area contributed by atoms with E-state index in [1.807, 2.05) is 38.1 Å². The molecule has 0 amide bonds. The Bertz CT molecular complexity index is 763. The maximum absolute atomic E-state index is 12.0. The Labute approximate surface area is 153 Å². The van der Waals surface area contributed by atoms with Crippen LogP contribution >= 0.6 is 0 Å². The second kappa shape index (κ2) is 8.89. The van der Waals surface area contributed by atoms with Crippen LogP contribution in [0.2, 0.25) is 0 Å². The summed E-state index contributed by atoms with van der Waals surface area (Å²) in [5, 5.41) is 6.44. The number of hydrogen-bond donors (Lipinski definition) is 2. The Hall–Kier alpha value is -3.02. The van der Waals surface area contributed by atoms with E-state index < -0.39 is 0 Å². The number of rotatable bonds is 2. The Kier molecular flexibility index (Phi) is 6.60. The molecule has 1 aliphatic heterocycles. The SMILES string of the molecule is CC(=O)/C1=C(/C)NCCN/C(C)=C(/C(C)=O)C=Nc2ccccc2N=C1. The van der Waals surface area contributed by atoms with Crippen LogP contribution in [0.4, 0.5) is 11.4 Å². The van der Waals surface area contributed by atoms with Crippen molar-refractivity contribution in [2.45, 2.75) is 27.7 Å². The summed E-state index contributed by atoms with van der Waals surface area (Å²) in [4.78, 5) is 32.8. The number of allylic oxidation sites excluding steroid dienone is 4. The molecule has 0 atom stereocenters. The fourth-order valence-electron chi connectivity index (χ4n) is 2.54. The van der Waals surface area contributed by atoms with E-state index in [1.165, 1.54) is 13.8 Å². The van der Waals surface area contributed by atoms with Crippen molar-refractivity contribution >= 4 is 35.4 Å². The first-order chi connectivity index (χ1) is 12.4. The zero-order chi connectivity index (χ0) is 19.1. The van der Waals surface area contributed by atoms with Crippen molar-refractivity contribution < 1.29 is 9.59 Å². The van der Waals surface area contributed by atoms with Gasteiger partial charge in [0.2, 0.25) is 0 Å². The van der Waals surface area contributed by atoms with Gasteiger partial charge in [0.15, 0.2) is 11.6 Å². The van der Waals surface area contributed by atoms with Crippen LogP contribution in [0, 0.1) is 0 Å².